The largest absolute Gasteiger partial charge is 0.481 e. The molecule has 0 fully saturated rings. The quantitative estimate of drug-likeness (QED) is 0.316. The van der Waals surface area contributed by atoms with Crippen molar-refractivity contribution in [2.45, 2.75) is 90.4 Å². The van der Waals surface area contributed by atoms with Crippen LogP contribution < -0.4 is 0 Å². The number of hydrogen-bond donors (Lipinski definition) is 1. The molecule has 0 spiro atoms. The van der Waals surface area contributed by atoms with Crippen LogP contribution in [0.3, 0.4) is 0 Å². The van der Waals surface area contributed by atoms with E-state index >= 15 is 0 Å². The van der Waals surface area contributed by atoms with Crippen molar-refractivity contribution in [2.24, 2.45) is 0 Å². The standard InChI is InChI=1S/C15H30O2.Hg/c1-2-3-4-5-6-7-8-9-10-11-12-13-14-15(16)17;/h2-14H2,1H3,(H,16,17);. The smallest absolute Gasteiger partial charge is 0.303 e. The van der Waals surface area contributed by atoms with Crippen LogP contribution in [0.15, 0.2) is 0 Å². The fourth-order valence-corrected chi connectivity index (χ4v) is 2.12. The van der Waals surface area contributed by atoms with Crippen molar-refractivity contribution in [2.75, 3.05) is 0 Å². The zero-order valence-corrected chi connectivity index (χ0v) is 17.8. The molecule has 0 aromatic rings. The first-order valence-corrected chi connectivity index (χ1v) is 7.49. The van der Waals surface area contributed by atoms with Crippen LogP contribution in [0.2, 0.25) is 0 Å². The third-order valence-electron chi connectivity index (χ3n) is 3.24. The van der Waals surface area contributed by atoms with Crippen LogP contribution >= 0.6 is 0 Å². The van der Waals surface area contributed by atoms with Gasteiger partial charge in [0.05, 0.1) is 0 Å². The van der Waals surface area contributed by atoms with E-state index in [0.717, 1.165) is 12.8 Å². The van der Waals surface area contributed by atoms with Gasteiger partial charge in [0.1, 0.15) is 0 Å². The summed E-state index contributed by atoms with van der Waals surface area (Å²) in [6.07, 6.45) is 15.8. The molecule has 104 valence electrons. The molecule has 0 aromatic heterocycles. The number of unbranched alkanes of at least 4 members (excludes halogenated alkanes) is 11. The molecule has 1 N–H and O–H groups in total. The van der Waals surface area contributed by atoms with Gasteiger partial charge in [0.25, 0.3) is 0 Å². The van der Waals surface area contributed by atoms with Gasteiger partial charge < -0.3 is 5.11 Å². The van der Waals surface area contributed by atoms with Gasteiger partial charge in [-0.2, -0.15) is 0 Å². The Hall–Kier alpha value is 0.405. The maximum absolute atomic E-state index is 10.3. The molecule has 0 saturated heterocycles. The van der Waals surface area contributed by atoms with E-state index in [1.54, 1.807) is 0 Å². The van der Waals surface area contributed by atoms with Crippen LogP contribution in [0.25, 0.3) is 0 Å². The molecule has 0 aliphatic carbocycles. The third-order valence-corrected chi connectivity index (χ3v) is 3.24. The van der Waals surface area contributed by atoms with Gasteiger partial charge in [-0.3, -0.25) is 4.79 Å². The predicted molar refractivity (Wildman–Crippen MR) is 73.3 cm³/mol. The average molecular weight is 443 g/mol. The summed E-state index contributed by atoms with van der Waals surface area (Å²) >= 11 is 0. The van der Waals surface area contributed by atoms with E-state index < -0.39 is 5.97 Å². The summed E-state index contributed by atoms with van der Waals surface area (Å²) in [5.74, 6) is -0.655. The molecule has 0 aliphatic rings. The normalized spacial score (nSPS) is 10.1. The summed E-state index contributed by atoms with van der Waals surface area (Å²) in [7, 11) is 0. The van der Waals surface area contributed by atoms with Crippen molar-refractivity contribution in [3.05, 3.63) is 0 Å². The minimum Gasteiger partial charge on any atom is -0.481 e. The second kappa shape index (κ2) is 17.4. The van der Waals surface area contributed by atoms with Crippen LogP contribution in [0.5, 0.6) is 0 Å². The van der Waals surface area contributed by atoms with E-state index in [1.807, 2.05) is 0 Å². The first-order valence-electron chi connectivity index (χ1n) is 7.49. The van der Waals surface area contributed by atoms with Gasteiger partial charge in [0, 0.05) is 34.1 Å². The van der Waals surface area contributed by atoms with Crippen molar-refractivity contribution in [1.82, 2.24) is 0 Å². The van der Waals surface area contributed by atoms with Gasteiger partial charge >= 0.3 is 5.97 Å². The number of carbonyl (C=O) groups is 1. The zero-order chi connectivity index (χ0) is 12.8. The van der Waals surface area contributed by atoms with Gasteiger partial charge in [0.15, 0.2) is 0 Å². The van der Waals surface area contributed by atoms with E-state index in [1.165, 1.54) is 64.2 Å². The Morgan fingerprint density at radius 2 is 1.06 bits per heavy atom. The molecular weight excluding hydrogens is 413 g/mol. The molecule has 0 rings (SSSR count). The van der Waals surface area contributed by atoms with E-state index in [4.69, 9.17) is 5.11 Å². The van der Waals surface area contributed by atoms with Gasteiger partial charge in [-0.05, 0) is 6.42 Å². The molecule has 0 unspecified atom stereocenters. The van der Waals surface area contributed by atoms with Crippen LogP contribution in [0.4, 0.5) is 0 Å². The molecular formula is C15H30HgO2. The molecule has 0 heterocycles. The molecule has 0 saturated carbocycles. The van der Waals surface area contributed by atoms with Crippen molar-refractivity contribution in [3.63, 3.8) is 0 Å². The number of aliphatic carboxylic acids is 1. The molecule has 0 atom stereocenters. The first kappa shape index (κ1) is 20.7. The summed E-state index contributed by atoms with van der Waals surface area (Å²) in [6.45, 7) is 2.25. The van der Waals surface area contributed by atoms with Gasteiger partial charge in [-0.15, -0.1) is 0 Å². The average Bonchev–Trinajstić information content (AvgIpc) is 2.30. The second-order valence-electron chi connectivity index (χ2n) is 5.03. The van der Waals surface area contributed by atoms with E-state index in [2.05, 4.69) is 6.92 Å². The molecule has 0 bridgehead atoms. The zero-order valence-electron chi connectivity index (χ0n) is 12.3. The number of hydrogen-bond acceptors (Lipinski definition) is 1. The fourth-order valence-electron chi connectivity index (χ4n) is 2.12. The summed E-state index contributed by atoms with van der Waals surface area (Å²) in [5.41, 5.74) is 0. The third kappa shape index (κ3) is 18.8. The Balaban J connectivity index is 0. The molecule has 2 nitrogen and oxygen atoms in total. The number of carboxylic acids is 1. The molecule has 0 aliphatic heterocycles. The molecule has 0 amide bonds. The summed E-state index contributed by atoms with van der Waals surface area (Å²) < 4.78 is 0. The van der Waals surface area contributed by atoms with Gasteiger partial charge in [-0.25, -0.2) is 0 Å². The van der Waals surface area contributed by atoms with Crippen molar-refractivity contribution >= 4 is 5.97 Å². The molecule has 0 aromatic carbocycles. The van der Waals surface area contributed by atoms with Crippen LogP contribution in [0.1, 0.15) is 90.4 Å². The summed E-state index contributed by atoms with van der Waals surface area (Å²) in [6, 6.07) is 0. The SMILES string of the molecule is CCCCCCCCCCCCCCC(=O)O.[Hg]. The maximum Gasteiger partial charge on any atom is 0.303 e. The molecule has 3 heteroatoms. The Labute approximate surface area is 133 Å². The Morgan fingerprint density at radius 3 is 1.39 bits per heavy atom. The van der Waals surface area contributed by atoms with Crippen molar-refractivity contribution in [3.8, 4) is 0 Å². The Kier molecular flexibility index (Phi) is 20.0. The van der Waals surface area contributed by atoms with E-state index in [0.29, 0.717) is 6.42 Å². The van der Waals surface area contributed by atoms with Crippen LogP contribution in [-0.4, -0.2) is 11.1 Å². The van der Waals surface area contributed by atoms with Crippen LogP contribution in [-0.2, 0) is 32.5 Å². The number of rotatable bonds is 13. The van der Waals surface area contributed by atoms with Crippen molar-refractivity contribution in [1.29, 1.82) is 0 Å². The second-order valence-corrected chi connectivity index (χ2v) is 5.03. The Morgan fingerprint density at radius 1 is 0.722 bits per heavy atom. The maximum atomic E-state index is 10.3. The summed E-state index contributed by atoms with van der Waals surface area (Å²) in [5, 5.41) is 8.47. The monoisotopic (exact) mass is 444 g/mol. The van der Waals surface area contributed by atoms with Gasteiger partial charge in [0.2, 0.25) is 0 Å². The van der Waals surface area contributed by atoms with E-state index in [-0.39, 0.29) is 27.7 Å². The van der Waals surface area contributed by atoms with Crippen molar-refractivity contribution < 1.29 is 37.6 Å². The van der Waals surface area contributed by atoms with Gasteiger partial charge in [-0.1, -0.05) is 77.6 Å². The first-order chi connectivity index (χ1) is 8.27. The number of carboxylic acid groups (broad SMARTS) is 1. The topological polar surface area (TPSA) is 37.3 Å². The van der Waals surface area contributed by atoms with Crippen LogP contribution in [0, 0.1) is 0 Å². The minimum atomic E-state index is -0.655. The predicted octanol–water partition coefficient (Wildman–Crippen LogP) is 5.16. The molecule has 18 heavy (non-hydrogen) atoms. The fraction of sp³-hybridized carbons (Fsp3) is 0.933. The van der Waals surface area contributed by atoms with E-state index in [9.17, 15) is 4.79 Å². The summed E-state index contributed by atoms with van der Waals surface area (Å²) in [4.78, 5) is 10.3. The molecule has 0 radical (unpaired) electrons. The Bertz CT molecular complexity index is 172. The minimum absolute atomic E-state index is 0.